The summed E-state index contributed by atoms with van der Waals surface area (Å²) >= 11 is 0. The lowest BCUT2D eigenvalue weighted by Gasteiger charge is -2.18. The largest absolute Gasteiger partial charge is 0.496 e. The number of hydrogen-bond acceptors (Lipinski definition) is 6. The highest BCUT2D eigenvalue weighted by Gasteiger charge is 2.15. The van der Waals surface area contributed by atoms with E-state index in [1.807, 2.05) is 24.3 Å². The number of aromatic nitrogens is 2. The predicted octanol–water partition coefficient (Wildman–Crippen LogP) is 4.02. The standard InChI is InChI=1S/C20H20N4O4/c1-24(20(25)26)16-10-13(8-9-18(16)28-3)23-19-11-15(21-12-22-19)14-6-4-5-7-17(14)27-2/h4-12H,1-3H3,(H,25,26)(H,21,22,23). The molecular formula is C20H20N4O4. The van der Waals surface area contributed by atoms with Crippen molar-refractivity contribution in [2.24, 2.45) is 0 Å². The first kappa shape index (κ1) is 19.0. The van der Waals surface area contributed by atoms with E-state index in [9.17, 15) is 9.90 Å². The van der Waals surface area contributed by atoms with Crippen molar-refractivity contribution in [2.45, 2.75) is 0 Å². The molecule has 3 aromatic rings. The van der Waals surface area contributed by atoms with Crippen LogP contribution in [0.2, 0.25) is 0 Å². The normalized spacial score (nSPS) is 10.2. The highest BCUT2D eigenvalue weighted by Crippen LogP contribution is 2.33. The molecule has 2 aromatic carbocycles. The zero-order chi connectivity index (χ0) is 20.1. The van der Waals surface area contributed by atoms with Crippen LogP contribution in [0, 0.1) is 0 Å². The lowest BCUT2D eigenvalue weighted by Crippen LogP contribution is -2.24. The van der Waals surface area contributed by atoms with Gasteiger partial charge < -0.3 is 19.9 Å². The third-order valence-electron chi connectivity index (χ3n) is 4.15. The maximum Gasteiger partial charge on any atom is 0.411 e. The van der Waals surface area contributed by atoms with Gasteiger partial charge in [0.2, 0.25) is 0 Å². The molecule has 0 aliphatic heterocycles. The third kappa shape index (κ3) is 3.96. The van der Waals surface area contributed by atoms with Crippen LogP contribution in [0.5, 0.6) is 11.5 Å². The number of hydrogen-bond donors (Lipinski definition) is 2. The Hall–Kier alpha value is -3.81. The molecule has 2 N–H and O–H groups in total. The van der Waals surface area contributed by atoms with Gasteiger partial charge in [0, 0.05) is 24.4 Å². The van der Waals surface area contributed by atoms with Crippen LogP contribution in [0.4, 0.5) is 22.0 Å². The minimum atomic E-state index is -1.09. The lowest BCUT2D eigenvalue weighted by atomic mass is 10.1. The molecule has 0 saturated heterocycles. The minimum absolute atomic E-state index is 0.416. The SMILES string of the molecule is COc1ccccc1-c1cc(Nc2ccc(OC)c(N(C)C(=O)O)c2)ncn1. The van der Waals surface area contributed by atoms with Gasteiger partial charge in [-0.25, -0.2) is 14.8 Å². The van der Waals surface area contributed by atoms with Gasteiger partial charge in [-0.3, -0.25) is 4.90 Å². The summed E-state index contributed by atoms with van der Waals surface area (Å²) < 4.78 is 10.6. The molecule has 0 aliphatic rings. The van der Waals surface area contributed by atoms with Gasteiger partial charge in [0.05, 0.1) is 25.6 Å². The molecule has 0 saturated carbocycles. The van der Waals surface area contributed by atoms with Crippen LogP contribution < -0.4 is 19.7 Å². The van der Waals surface area contributed by atoms with Crippen LogP contribution in [0.25, 0.3) is 11.3 Å². The van der Waals surface area contributed by atoms with Crippen LogP contribution in [-0.4, -0.2) is 42.4 Å². The number of amides is 1. The molecule has 0 radical (unpaired) electrons. The number of carboxylic acid groups (broad SMARTS) is 1. The zero-order valence-electron chi connectivity index (χ0n) is 15.7. The minimum Gasteiger partial charge on any atom is -0.496 e. The van der Waals surface area contributed by atoms with Gasteiger partial charge in [-0.05, 0) is 30.3 Å². The Labute approximate surface area is 162 Å². The van der Waals surface area contributed by atoms with Crippen molar-refractivity contribution >= 4 is 23.3 Å². The van der Waals surface area contributed by atoms with Crippen LogP contribution in [0.1, 0.15) is 0 Å². The Bertz CT molecular complexity index is 993. The first-order valence-electron chi connectivity index (χ1n) is 8.40. The molecule has 0 bridgehead atoms. The van der Waals surface area contributed by atoms with E-state index in [0.29, 0.717) is 34.4 Å². The number of methoxy groups -OCH3 is 2. The number of para-hydroxylation sites is 1. The van der Waals surface area contributed by atoms with Crippen molar-refractivity contribution < 1.29 is 19.4 Å². The molecule has 8 nitrogen and oxygen atoms in total. The molecule has 0 atom stereocenters. The van der Waals surface area contributed by atoms with Gasteiger partial charge in [0.25, 0.3) is 0 Å². The number of rotatable bonds is 6. The molecule has 0 fully saturated rings. The van der Waals surface area contributed by atoms with Crippen molar-refractivity contribution in [1.82, 2.24) is 9.97 Å². The first-order chi connectivity index (χ1) is 13.5. The van der Waals surface area contributed by atoms with Gasteiger partial charge in [0.15, 0.2) is 0 Å². The Balaban J connectivity index is 1.92. The van der Waals surface area contributed by atoms with Crippen molar-refractivity contribution in [3.05, 3.63) is 54.9 Å². The van der Waals surface area contributed by atoms with Gasteiger partial charge in [0.1, 0.15) is 23.6 Å². The average Bonchev–Trinajstić information content (AvgIpc) is 2.73. The van der Waals surface area contributed by atoms with E-state index < -0.39 is 6.09 Å². The van der Waals surface area contributed by atoms with Crippen molar-refractivity contribution in [3.8, 4) is 22.8 Å². The topological polar surface area (TPSA) is 96.8 Å². The summed E-state index contributed by atoms with van der Waals surface area (Å²) in [5.41, 5.74) is 2.62. The smallest absolute Gasteiger partial charge is 0.411 e. The summed E-state index contributed by atoms with van der Waals surface area (Å²) in [4.78, 5) is 21.0. The van der Waals surface area contributed by atoms with Gasteiger partial charge in [-0.2, -0.15) is 0 Å². The van der Waals surface area contributed by atoms with Crippen LogP contribution in [-0.2, 0) is 0 Å². The molecule has 0 aliphatic carbocycles. The summed E-state index contributed by atoms with van der Waals surface area (Å²) in [5.74, 6) is 1.72. The van der Waals surface area contributed by atoms with Gasteiger partial charge in [-0.1, -0.05) is 12.1 Å². The highest BCUT2D eigenvalue weighted by atomic mass is 16.5. The fraction of sp³-hybridized carbons (Fsp3) is 0.150. The van der Waals surface area contributed by atoms with E-state index >= 15 is 0 Å². The highest BCUT2D eigenvalue weighted by molar-refractivity contribution is 5.89. The Morgan fingerprint density at radius 1 is 1.04 bits per heavy atom. The van der Waals surface area contributed by atoms with Crippen molar-refractivity contribution in [2.75, 3.05) is 31.5 Å². The molecule has 1 aromatic heterocycles. The second-order valence-corrected chi connectivity index (χ2v) is 5.84. The van der Waals surface area contributed by atoms with E-state index in [1.54, 1.807) is 31.4 Å². The molecule has 0 unspecified atom stereocenters. The number of anilines is 3. The summed E-state index contributed by atoms with van der Waals surface area (Å²) in [6.07, 6.45) is 0.369. The molecule has 8 heteroatoms. The number of benzene rings is 2. The number of nitrogens with one attached hydrogen (secondary N) is 1. The molecule has 0 spiro atoms. The quantitative estimate of drug-likeness (QED) is 0.667. The monoisotopic (exact) mass is 380 g/mol. The lowest BCUT2D eigenvalue weighted by molar-refractivity contribution is 0.203. The fourth-order valence-corrected chi connectivity index (χ4v) is 2.71. The third-order valence-corrected chi connectivity index (χ3v) is 4.15. The van der Waals surface area contributed by atoms with Gasteiger partial charge >= 0.3 is 6.09 Å². The van der Waals surface area contributed by atoms with Crippen LogP contribution in [0.15, 0.2) is 54.9 Å². The van der Waals surface area contributed by atoms with Crippen LogP contribution >= 0.6 is 0 Å². The Morgan fingerprint density at radius 2 is 1.79 bits per heavy atom. The molecule has 1 amide bonds. The van der Waals surface area contributed by atoms with E-state index in [1.165, 1.54) is 20.5 Å². The first-order valence-corrected chi connectivity index (χ1v) is 8.40. The number of nitrogens with zero attached hydrogens (tertiary/aromatic N) is 3. The maximum atomic E-state index is 11.3. The van der Waals surface area contributed by atoms with E-state index in [4.69, 9.17) is 9.47 Å². The maximum absolute atomic E-state index is 11.3. The summed E-state index contributed by atoms with van der Waals surface area (Å²) in [6.45, 7) is 0. The number of ether oxygens (including phenoxy) is 2. The van der Waals surface area contributed by atoms with E-state index in [-0.39, 0.29) is 0 Å². The fourth-order valence-electron chi connectivity index (χ4n) is 2.71. The van der Waals surface area contributed by atoms with E-state index in [0.717, 1.165) is 10.5 Å². The van der Waals surface area contributed by atoms with Crippen molar-refractivity contribution in [1.29, 1.82) is 0 Å². The molecular weight excluding hydrogens is 360 g/mol. The summed E-state index contributed by atoms with van der Waals surface area (Å²) in [5, 5.41) is 12.4. The zero-order valence-corrected chi connectivity index (χ0v) is 15.7. The summed E-state index contributed by atoms with van der Waals surface area (Å²) in [7, 11) is 4.55. The summed E-state index contributed by atoms with van der Waals surface area (Å²) in [6, 6.07) is 14.5. The number of carbonyl (C=O) groups is 1. The molecule has 1 heterocycles. The van der Waals surface area contributed by atoms with Crippen LogP contribution in [0.3, 0.4) is 0 Å². The second-order valence-electron chi connectivity index (χ2n) is 5.84. The molecule has 28 heavy (non-hydrogen) atoms. The molecule has 3 rings (SSSR count). The second kappa shape index (κ2) is 8.26. The van der Waals surface area contributed by atoms with Gasteiger partial charge in [-0.15, -0.1) is 0 Å². The predicted molar refractivity (Wildman–Crippen MR) is 107 cm³/mol. The molecule has 144 valence electrons. The average molecular weight is 380 g/mol. The van der Waals surface area contributed by atoms with Crippen molar-refractivity contribution in [3.63, 3.8) is 0 Å². The van der Waals surface area contributed by atoms with E-state index in [2.05, 4.69) is 15.3 Å². The Morgan fingerprint density at radius 3 is 2.50 bits per heavy atom. The Kier molecular flexibility index (Phi) is 5.59.